The number of rotatable bonds is 2. The second-order valence-corrected chi connectivity index (χ2v) is 7.53. The average molecular weight is 325 g/mol. The summed E-state index contributed by atoms with van der Waals surface area (Å²) in [6, 6.07) is 9.07. The SMILES string of the molecule is Cc1ccc(O)cc1-c1ccc2c(n1)n(C)c(=O)n2CC(C)(C)C. The third kappa shape index (κ3) is 2.82. The molecule has 0 unspecified atom stereocenters. The first kappa shape index (κ1) is 16.3. The maximum atomic E-state index is 12.6. The molecule has 0 radical (unpaired) electrons. The van der Waals surface area contributed by atoms with E-state index in [1.165, 1.54) is 0 Å². The predicted molar refractivity (Wildman–Crippen MR) is 96.3 cm³/mol. The van der Waals surface area contributed by atoms with Crippen LogP contribution in [0.1, 0.15) is 26.3 Å². The molecule has 5 heteroatoms. The number of aryl methyl sites for hydroxylation is 2. The van der Waals surface area contributed by atoms with E-state index in [-0.39, 0.29) is 16.9 Å². The van der Waals surface area contributed by atoms with Crippen LogP contribution in [-0.2, 0) is 13.6 Å². The van der Waals surface area contributed by atoms with E-state index in [1.807, 2.05) is 25.1 Å². The van der Waals surface area contributed by atoms with Crippen LogP contribution in [-0.4, -0.2) is 19.2 Å². The van der Waals surface area contributed by atoms with Crippen LogP contribution in [0.25, 0.3) is 22.4 Å². The van der Waals surface area contributed by atoms with Gasteiger partial charge in [-0.3, -0.25) is 9.13 Å². The van der Waals surface area contributed by atoms with Crippen molar-refractivity contribution in [2.45, 2.75) is 34.2 Å². The molecule has 0 bridgehead atoms. The number of aromatic nitrogens is 3. The summed E-state index contributed by atoms with van der Waals surface area (Å²) in [6.07, 6.45) is 0. The van der Waals surface area contributed by atoms with E-state index in [4.69, 9.17) is 0 Å². The summed E-state index contributed by atoms with van der Waals surface area (Å²) in [7, 11) is 1.75. The van der Waals surface area contributed by atoms with Crippen LogP contribution in [0.3, 0.4) is 0 Å². The second-order valence-electron chi connectivity index (χ2n) is 7.53. The van der Waals surface area contributed by atoms with Gasteiger partial charge in [-0.15, -0.1) is 0 Å². The summed E-state index contributed by atoms with van der Waals surface area (Å²) in [5.41, 5.74) is 4.07. The minimum absolute atomic E-state index is 0.00140. The Morgan fingerprint density at radius 1 is 1.17 bits per heavy atom. The quantitative estimate of drug-likeness (QED) is 0.785. The Hall–Kier alpha value is -2.56. The number of benzene rings is 1. The van der Waals surface area contributed by atoms with Crippen LogP contribution < -0.4 is 5.69 Å². The van der Waals surface area contributed by atoms with Crippen LogP contribution in [0, 0.1) is 12.3 Å². The van der Waals surface area contributed by atoms with Crippen molar-refractivity contribution >= 4 is 11.2 Å². The van der Waals surface area contributed by atoms with Crippen LogP contribution >= 0.6 is 0 Å². The number of phenols is 1. The molecular weight excluding hydrogens is 302 g/mol. The number of hydrogen-bond acceptors (Lipinski definition) is 3. The molecule has 0 amide bonds. The lowest BCUT2D eigenvalue weighted by Crippen LogP contribution is -2.27. The maximum absolute atomic E-state index is 12.6. The fraction of sp³-hybridized carbons (Fsp3) is 0.368. The van der Waals surface area contributed by atoms with E-state index >= 15 is 0 Å². The normalized spacial score (nSPS) is 12.0. The summed E-state index contributed by atoms with van der Waals surface area (Å²) >= 11 is 0. The number of nitrogens with zero attached hydrogens (tertiary/aromatic N) is 3. The Balaban J connectivity index is 2.21. The highest BCUT2D eigenvalue weighted by molar-refractivity contribution is 5.77. The largest absolute Gasteiger partial charge is 0.508 e. The van der Waals surface area contributed by atoms with Gasteiger partial charge in [0.15, 0.2) is 5.65 Å². The Morgan fingerprint density at radius 3 is 2.54 bits per heavy atom. The minimum atomic E-state index is -0.0581. The summed E-state index contributed by atoms with van der Waals surface area (Å²) < 4.78 is 3.37. The maximum Gasteiger partial charge on any atom is 0.330 e. The topological polar surface area (TPSA) is 60.1 Å². The average Bonchev–Trinajstić information content (AvgIpc) is 2.73. The van der Waals surface area contributed by atoms with Crippen molar-refractivity contribution < 1.29 is 5.11 Å². The van der Waals surface area contributed by atoms with Crippen molar-refractivity contribution in [2.75, 3.05) is 0 Å². The zero-order valence-electron chi connectivity index (χ0n) is 14.8. The molecule has 0 saturated heterocycles. The van der Waals surface area contributed by atoms with Gasteiger partial charge >= 0.3 is 5.69 Å². The first-order valence-corrected chi connectivity index (χ1v) is 8.04. The van der Waals surface area contributed by atoms with E-state index in [1.54, 1.807) is 28.3 Å². The molecule has 0 fully saturated rings. The molecule has 126 valence electrons. The van der Waals surface area contributed by atoms with Crippen molar-refractivity contribution in [1.82, 2.24) is 14.1 Å². The number of hydrogen-bond donors (Lipinski definition) is 1. The van der Waals surface area contributed by atoms with E-state index < -0.39 is 0 Å². The van der Waals surface area contributed by atoms with E-state index in [9.17, 15) is 9.90 Å². The van der Waals surface area contributed by atoms with Crippen molar-refractivity contribution in [3.8, 4) is 17.0 Å². The van der Waals surface area contributed by atoms with E-state index in [2.05, 4.69) is 25.8 Å². The third-order valence-corrected chi connectivity index (χ3v) is 4.11. The van der Waals surface area contributed by atoms with Gasteiger partial charge in [0, 0.05) is 19.2 Å². The molecule has 24 heavy (non-hydrogen) atoms. The first-order valence-electron chi connectivity index (χ1n) is 8.04. The molecule has 0 atom stereocenters. The smallest absolute Gasteiger partial charge is 0.330 e. The van der Waals surface area contributed by atoms with Crippen molar-refractivity contribution in [3.63, 3.8) is 0 Å². The van der Waals surface area contributed by atoms with Gasteiger partial charge in [-0.2, -0.15) is 0 Å². The fourth-order valence-electron chi connectivity index (χ4n) is 2.94. The van der Waals surface area contributed by atoms with Gasteiger partial charge in [-0.05, 0) is 42.2 Å². The van der Waals surface area contributed by atoms with Gasteiger partial charge in [0.1, 0.15) is 5.75 Å². The molecule has 3 rings (SSSR count). The van der Waals surface area contributed by atoms with E-state index in [0.29, 0.717) is 12.2 Å². The molecule has 2 heterocycles. The predicted octanol–water partition coefficient (Wildman–Crippen LogP) is 3.46. The third-order valence-electron chi connectivity index (χ3n) is 4.11. The Bertz CT molecular complexity index is 975. The molecule has 1 N–H and O–H groups in total. The lowest BCUT2D eigenvalue weighted by Gasteiger charge is -2.18. The van der Waals surface area contributed by atoms with Gasteiger partial charge < -0.3 is 5.11 Å². The molecule has 2 aromatic heterocycles. The highest BCUT2D eigenvalue weighted by Gasteiger charge is 2.19. The van der Waals surface area contributed by atoms with Gasteiger partial charge in [-0.25, -0.2) is 9.78 Å². The highest BCUT2D eigenvalue weighted by Crippen LogP contribution is 2.27. The number of imidazole rings is 1. The van der Waals surface area contributed by atoms with Crippen LogP contribution in [0.4, 0.5) is 0 Å². The second kappa shape index (κ2) is 5.51. The van der Waals surface area contributed by atoms with Gasteiger partial charge in [0.05, 0.1) is 11.2 Å². The molecular formula is C19H23N3O2. The first-order chi connectivity index (χ1) is 11.2. The molecule has 0 aliphatic carbocycles. The van der Waals surface area contributed by atoms with Crippen molar-refractivity contribution in [1.29, 1.82) is 0 Å². The number of aromatic hydroxyl groups is 1. The number of fused-ring (bicyclic) bond motifs is 1. The number of phenolic OH excluding ortho intramolecular Hbond substituents is 1. The monoisotopic (exact) mass is 325 g/mol. The Labute approximate surface area is 141 Å². The van der Waals surface area contributed by atoms with Gasteiger partial charge in [-0.1, -0.05) is 26.8 Å². The molecule has 0 spiro atoms. The van der Waals surface area contributed by atoms with Crippen LogP contribution in [0.2, 0.25) is 0 Å². The minimum Gasteiger partial charge on any atom is -0.508 e. The lowest BCUT2D eigenvalue weighted by molar-refractivity contribution is 0.342. The Morgan fingerprint density at radius 2 is 1.88 bits per heavy atom. The zero-order valence-corrected chi connectivity index (χ0v) is 14.8. The summed E-state index contributed by atoms with van der Waals surface area (Å²) in [5, 5.41) is 9.76. The fourth-order valence-corrected chi connectivity index (χ4v) is 2.94. The van der Waals surface area contributed by atoms with Gasteiger partial charge in [0.25, 0.3) is 0 Å². The zero-order chi connectivity index (χ0) is 17.6. The molecule has 1 aromatic carbocycles. The van der Waals surface area contributed by atoms with Crippen LogP contribution in [0.5, 0.6) is 5.75 Å². The standard InChI is InChI=1S/C19H23N3O2/c1-12-6-7-13(23)10-14(12)15-8-9-16-17(20-15)21(5)18(24)22(16)11-19(2,3)4/h6-10,23H,11H2,1-5H3. The molecule has 0 saturated carbocycles. The lowest BCUT2D eigenvalue weighted by atomic mass is 9.97. The molecule has 0 aliphatic heterocycles. The van der Waals surface area contributed by atoms with Crippen molar-refractivity contribution in [3.05, 3.63) is 46.4 Å². The molecule has 0 aliphatic rings. The molecule has 3 aromatic rings. The summed E-state index contributed by atoms with van der Waals surface area (Å²) in [5.74, 6) is 0.205. The van der Waals surface area contributed by atoms with E-state index in [0.717, 1.165) is 22.3 Å². The van der Waals surface area contributed by atoms with Gasteiger partial charge in [0.2, 0.25) is 0 Å². The molecule has 5 nitrogen and oxygen atoms in total. The highest BCUT2D eigenvalue weighted by atomic mass is 16.3. The van der Waals surface area contributed by atoms with Crippen LogP contribution in [0.15, 0.2) is 35.1 Å². The Kier molecular flexibility index (Phi) is 3.74. The summed E-state index contributed by atoms with van der Waals surface area (Å²) in [6.45, 7) is 8.93. The number of pyridine rings is 1. The summed E-state index contributed by atoms with van der Waals surface area (Å²) in [4.78, 5) is 17.3. The van der Waals surface area contributed by atoms with Crippen molar-refractivity contribution in [2.24, 2.45) is 12.5 Å².